The van der Waals surface area contributed by atoms with E-state index in [1.54, 1.807) is 38.3 Å². The van der Waals surface area contributed by atoms with Gasteiger partial charge < -0.3 is 14.4 Å². The molecule has 0 unspecified atom stereocenters. The van der Waals surface area contributed by atoms with Crippen LogP contribution in [0, 0.1) is 16.0 Å². The molecule has 10 heteroatoms. The van der Waals surface area contributed by atoms with Crippen LogP contribution >= 0.6 is 0 Å². The third-order valence-electron chi connectivity index (χ3n) is 5.80. The van der Waals surface area contributed by atoms with Gasteiger partial charge in [-0.25, -0.2) is 8.42 Å². The first kappa shape index (κ1) is 23.8. The summed E-state index contributed by atoms with van der Waals surface area (Å²) in [7, 11) is 1.03. The number of hydrogen-bond donors (Lipinski definition) is 0. The van der Waals surface area contributed by atoms with Crippen LogP contribution in [0.5, 0.6) is 11.5 Å². The van der Waals surface area contributed by atoms with Gasteiger partial charge in [-0.15, -0.1) is 0 Å². The maximum Gasteiger partial charge on any atom is 0.293 e. The molecule has 0 saturated carbocycles. The summed E-state index contributed by atoms with van der Waals surface area (Å²) in [4.78, 5) is 12.9. The van der Waals surface area contributed by atoms with Gasteiger partial charge in [0.15, 0.2) is 11.5 Å². The van der Waals surface area contributed by atoms with Crippen LogP contribution in [0.4, 0.5) is 11.4 Å². The summed E-state index contributed by atoms with van der Waals surface area (Å²) in [5.41, 5.74) is 0.939. The first-order chi connectivity index (χ1) is 15.2. The van der Waals surface area contributed by atoms with Crippen LogP contribution in [0.3, 0.4) is 0 Å². The van der Waals surface area contributed by atoms with Crippen molar-refractivity contribution in [2.75, 3.05) is 39.3 Å². The second-order valence-corrected chi connectivity index (χ2v) is 9.98. The first-order valence-electron chi connectivity index (χ1n) is 10.4. The summed E-state index contributed by atoms with van der Waals surface area (Å²) in [6.07, 6.45) is 1.57. The summed E-state index contributed by atoms with van der Waals surface area (Å²) < 4.78 is 38.1. The second-order valence-electron chi connectivity index (χ2n) is 8.04. The maximum absolute atomic E-state index is 13.0. The number of nitro groups is 1. The maximum atomic E-state index is 13.0. The highest BCUT2D eigenvalue weighted by atomic mass is 32.2. The van der Waals surface area contributed by atoms with E-state index < -0.39 is 14.9 Å². The van der Waals surface area contributed by atoms with Crippen LogP contribution in [0.1, 0.15) is 25.3 Å². The Morgan fingerprint density at radius 3 is 2.34 bits per heavy atom. The van der Waals surface area contributed by atoms with Crippen molar-refractivity contribution >= 4 is 21.4 Å². The minimum absolute atomic E-state index is 0.0537. The average Bonchev–Trinajstić information content (AvgIpc) is 2.78. The lowest BCUT2D eigenvalue weighted by molar-refractivity contribution is -0.384. The Morgan fingerprint density at radius 1 is 1.09 bits per heavy atom. The second kappa shape index (κ2) is 9.74. The van der Waals surface area contributed by atoms with Gasteiger partial charge in [-0.1, -0.05) is 13.0 Å². The van der Waals surface area contributed by atoms with Crippen LogP contribution in [0.25, 0.3) is 0 Å². The van der Waals surface area contributed by atoms with E-state index in [1.165, 1.54) is 16.4 Å². The van der Waals surface area contributed by atoms with E-state index >= 15 is 0 Å². The molecule has 3 rings (SSSR count). The van der Waals surface area contributed by atoms with E-state index in [2.05, 4.69) is 6.92 Å². The first-order valence-corrected chi connectivity index (χ1v) is 11.8. The van der Waals surface area contributed by atoms with Crippen molar-refractivity contribution in [1.29, 1.82) is 0 Å². The number of hydrogen-bond acceptors (Lipinski definition) is 7. The van der Waals surface area contributed by atoms with Crippen molar-refractivity contribution < 1.29 is 22.8 Å². The Bertz CT molecular complexity index is 1080. The largest absolute Gasteiger partial charge is 0.493 e. The normalized spacial score (nSPS) is 15.4. The van der Waals surface area contributed by atoms with Crippen molar-refractivity contribution in [1.82, 2.24) is 4.31 Å². The molecular formula is C22H29N3O6S. The molecule has 1 aliphatic rings. The SMILES string of the molecule is COc1ccc(CN(C)c2ccc(S(=O)(=O)N3CCC(C)CC3)cc2[N+](=O)[O-])cc1OC. The number of ether oxygens (including phenoxy) is 2. The highest BCUT2D eigenvalue weighted by Crippen LogP contribution is 2.34. The number of anilines is 1. The molecule has 0 spiro atoms. The van der Waals surface area contributed by atoms with E-state index in [4.69, 9.17) is 9.47 Å². The fraction of sp³-hybridized carbons (Fsp3) is 0.455. The summed E-state index contributed by atoms with van der Waals surface area (Å²) in [5, 5.41) is 11.8. The molecule has 1 aliphatic heterocycles. The fourth-order valence-corrected chi connectivity index (χ4v) is 5.34. The van der Waals surface area contributed by atoms with E-state index in [0.717, 1.165) is 24.5 Å². The molecule has 9 nitrogen and oxygen atoms in total. The Kier molecular flexibility index (Phi) is 7.25. The lowest BCUT2D eigenvalue weighted by Gasteiger charge is -2.29. The third kappa shape index (κ3) is 4.97. The fourth-order valence-electron chi connectivity index (χ4n) is 3.85. The van der Waals surface area contributed by atoms with Gasteiger partial charge in [0.25, 0.3) is 5.69 Å². The van der Waals surface area contributed by atoms with Crippen molar-refractivity contribution in [2.45, 2.75) is 31.2 Å². The molecule has 174 valence electrons. The lowest BCUT2D eigenvalue weighted by Crippen LogP contribution is -2.37. The predicted molar refractivity (Wildman–Crippen MR) is 122 cm³/mol. The molecule has 0 radical (unpaired) electrons. The minimum Gasteiger partial charge on any atom is -0.493 e. The number of nitrogens with zero attached hydrogens (tertiary/aromatic N) is 3. The number of nitro benzene ring substituents is 1. The number of sulfonamides is 1. The Morgan fingerprint density at radius 2 is 1.75 bits per heavy atom. The van der Waals surface area contributed by atoms with Gasteiger partial charge in [0.05, 0.1) is 24.0 Å². The highest BCUT2D eigenvalue weighted by molar-refractivity contribution is 7.89. The Labute approximate surface area is 188 Å². The molecule has 0 amide bonds. The predicted octanol–water partition coefficient (Wildman–Crippen LogP) is 3.67. The topological polar surface area (TPSA) is 102 Å². The molecule has 0 bridgehead atoms. The Hall–Kier alpha value is -2.85. The molecule has 2 aromatic carbocycles. The third-order valence-corrected chi connectivity index (χ3v) is 7.70. The Balaban J connectivity index is 1.88. The molecule has 0 N–H and O–H groups in total. The number of rotatable bonds is 8. The van der Waals surface area contributed by atoms with E-state index in [0.29, 0.717) is 42.7 Å². The molecule has 32 heavy (non-hydrogen) atoms. The molecule has 2 aromatic rings. The zero-order valence-electron chi connectivity index (χ0n) is 18.8. The molecule has 0 atom stereocenters. The average molecular weight is 464 g/mol. The van der Waals surface area contributed by atoms with Gasteiger partial charge in [-0.2, -0.15) is 4.31 Å². The van der Waals surface area contributed by atoms with Gasteiger partial charge in [-0.05, 0) is 48.6 Å². The molecule has 0 aliphatic carbocycles. The number of methoxy groups -OCH3 is 2. The van der Waals surface area contributed by atoms with Gasteiger partial charge in [0.2, 0.25) is 10.0 Å². The minimum atomic E-state index is -3.78. The quantitative estimate of drug-likeness (QED) is 0.435. The van der Waals surface area contributed by atoms with Crippen molar-refractivity contribution in [3.63, 3.8) is 0 Å². The van der Waals surface area contributed by atoms with E-state index in [1.807, 2.05) is 6.07 Å². The van der Waals surface area contributed by atoms with Gasteiger partial charge in [-0.3, -0.25) is 10.1 Å². The summed E-state index contributed by atoms with van der Waals surface area (Å²) in [6, 6.07) is 9.52. The van der Waals surface area contributed by atoms with Gasteiger partial charge in [0.1, 0.15) is 5.69 Å². The summed E-state index contributed by atoms with van der Waals surface area (Å²) in [5.74, 6) is 1.63. The van der Waals surface area contributed by atoms with E-state index in [-0.39, 0.29) is 10.6 Å². The molecular weight excluding hydrogens is 434 g/mol. The molecule has 1 saturated heterocycles. The van der Waals surface area contributed by atoms with Crippen LogP contribution in [0.2, 0.25) is 0 Å². The smallest absolute Gasteiger partial charge is 0.293 e. The standard InChI is InChI=1S/C22H29N3O6S/c1-16-9-11-24(12-10-16)32(28,29)18-6-7-19(20(14-18)25(26)27)23(2)15-17-5-8-21(30-3)22(13-17)31-4/h5-8,13-14,16H,9-12,15H2,1-4H3. The highest BCUT2D eigenvalue weighted by Gasteiger charge is 2.30. The van der Waals surface area contributed by atoms with Crippen molar-refractivity contribution in [3.8, 4) is 11.5 Å². The van der Waals surface area contributed by atoms with Crippen LogP contribution in [-0.4, -0.2) is 52.0 Å². The number of benzene rings is 2. The van der Waals surface area contributed by atoms with Crippen molar-refractivity contribution in [2.24, 2.45) is 5.92 Å². The van der Waals surface area contributed by atoms with Crippen molar-refractivity contribution in [3.05, 3.63) is 52.1 Å². The molecule has 0 aromatic heterocycles. The van der Waals surface area contributed by atoms with Gasteiger partial charge in [0, 0.05) is 32.7 Å². The number of piperidine rings is 1. The zero-order valence-corrected chi connectivity index (χ0v) is 19.6. The zero-order chi connectivity index (χ0) is 23.5. The lowest BCUT2D eigenvalue weighted by atomic mass is 10.0. The van der Waals surface area contributed by atoms with Crippen LogP contribution in [0.15, 0.2) is 41.3 Å². The molecule has 1 fully saturated rings. The monoisotopic (exact) mass is 463 g/mol. The van der Waals surface area contributed by atoms with Crippen LogP contribution < -0.4 is 14.4 Å². The molecule has 1 heterocycles. The summed E-state index contributed by atoms with van der Waals surface area (Å²) in [6.45, 7) is 3.31. The van der Waals surface area contributed by atoms with Gasteiger partial charge >= 0.3 is 0 Å². The summed E-state index contributed by atoms with van der Waals surface area (Å²) >= 11 is 0. The van der Waals surface area contributed by atoms with E-state index in [9.17, 15) is 18.5 Å². The van der Waals surface area contributed by atoms with Crippen LogP contribution in [-0.2, 0) is 16.6 Å².